The second-order valence-corrected chi connectivity index (χ2v) is 16.3. The molecule has 4 amide bonds. The van der Waals surface area contributed by atoms with Crippen molar-refractivity contribution < 1.29 is 33.4 Å². The topological polar surface area (TPSA) is 180 Å². The van der Waals surface area contributed by atoms with Crippen LogP contribution in [-0.4, -0.2) is 108 Å². The third-order valence-corrected chi connectivity index (χ3v) is 12.2. The van der Waals surface area contributed by atoms with Crippen LogP contribution in [0.5, 0.6) is 5.75 Å². The van der Waals surface area contributed by atoms with Gasteiger partial charge in [-0.3, -0.25) is 14.6 Å². The van der Waals surface area contributed by atoms with E-state index in [0.717, 1.165) is 70.1 Å². The molecular weight excluding hydrogens is 801 g/mol. The van der Waals surface area contributed by atoms with E-state index in [1.165, 1.54) is 21.3 Å². The summed E-state index contributed by atoms with van der Waals surface area (Å²) in [6, 6.07) is 25.9. The Bertz CT molecular complexity index is 2580. The highest BCUT2D eigenvalue weighted by atomic mass is 16.5. The lowest BCUT2D eigenvalue weighted by Gasteiger charge is -2.30. The van der Waals surface area contributed by atoms with Gasteiger partial charge in [0.2, 0.25) is 5.91 Å². The monoisotopic (exact) mass is 852 g/mol. The number of carbonyl (C=O) groups excluding carboxylic acids is 4. The number of hydrogen-bond donors (Lipinski definition) is 3. The minimum Gasteiger partial charge on any atom is -0.496 e. The lowest BCUT2D eigenvalue weighted by molar-refractivity contribution is -0.135. The number of aliphatic imine (C=N–C) groups is 2. The van der Waals surface area contributed by atoms with Gasteiger partial charge in [0.05, 0.1) is 57.6 Å². The van der Waals surface area contributed by atoms with Crippen LogP contribution in [-0.2, 0) is 19.1 Å². The molecule has 15 nitrogen and oxygen atoms in total. The fourth-order valence-electron chi connectivity index (χ4n) is 8.81. The zero-order valence-corrected chi connectivity index (χ0v) is 36.1. The minimum absolute atomic E-state index is 0.114. The number of ether oxygens (including phenoxy) is 3. The molecule has 2 saturated heterocycles. The molecule has 0 saturated carbocycles. The van der Waals surface area contributed by atoms with Gasteiger partial charge in [0.1, 0.15) is 29.5 Å². The van der Waals surface area contributed by atoms with Gasteiger partial charge in [0.15, 0.2) is 0 Å². The number of amides is 4. The third-order valence-electron chi connectivity index (χ3n) is 12.2. The Labute approximate surface area is 365 Å². The fraction of sp³-hybridized carbons (Fsp3) is 0.354. The van der Waals surface area contributed by atoms with E-state index in [1.807, 2.05) is 19.9 Å². The fourth-order valence-corrected chi connectivity index (χ4v) is 8.81. The highest BCUT2D eigenvalue weighted by Gasteiger charge is 2.40. The molecule has 15 heteroatoms. The van der Waals surface area contributed by atoms with Crippen LogP contribution in [0, 0.1) is 5.92 Å². The van der Waals surface area contributed by atoms with Gasteiger partial charge in [0.25, 0.3) is 5.91 Å². The first-order valence-electron chi connectivity index (χ1n) is 21.3. The molecule has 2 fully saturated rings. The molecule has 0 spiro atoms. The summed E-state index contributed by atoms with van der Waals surface area (Å²) in [6.07, 6.45) is 3.57. The molecule has 0 bridgehead atoms. The van der Waals surface area contributed by atoms with Crippen molar-refractivity contribution in [3.8, 4) is 28.1 Å². The number of carbonyl (C=O) groups is 4. The van der Waals surface area contributed by atoms with Gasteiger partial charge in [0, 0.05) is 18.7 Å². The van der Waals surface area contributed by atoms with Crippen molar-refractivity contribution in [1.29, 1.82) is 0 Å². The second kappa shape index (κ2) is 18.5. The first kappa shape index (κ1) is 42.7. The Kier molecular flexibility index (Phi) is 12.5. The van der Waals surface area contributed by atoms with E-state index in [9.17, 15) is 19.2 Å². The number of aromatic amines is 1. The summed E-state index contributed by atoms with van der Waals surface area (Å²) in [6.45, 7) is 5.34. The lowest BCUT2D eigenvalue weighted by atomic mass is 9.98. The zero-order valence-electron chi connectivity index (χ0n) is 36.1. The van der Waals surface area contributed by atoms with Crippen LogP contribution in [0.3, 0.4) is 0 Å². The number of methoxy groups -OCH3 is 3. The first-order valence-corrected chi connectivity index (χ1v) is 21.3. The molecule has 3 N–H and O–H groups in total. The van der Waals surface area contributed by atoms with E-state index in [-0.39, 0.29) is 29.8 Å². The zero-order chi connectivity index (χ0) is 44.2. The van der Waals surface area contributed by atoms with Gasteiger partial charge in [-0.25, -0.2) is 19.6 Å². The number of likely N-dealkylation sites (tertiary alicyclic amines) is 2. The van der Waals surface area contributed by atoms with E-state index in [4.69, 9.17) is 29.2 Å². The van der Waals surface area contributed by atoms with E-state index in [2.05, 4.69) is 76.3 Å². The number of imidazole rings is 1. The number of nitrogens with zero attached hydrogens (tertiary/aromatic N) is 5. The summed E-state index contributed by atoms with van der Waals surface area (Å²) in [5.41, 5.74) is 6.32. The molecule has 3 aliphatic heterocycles. The van der Waals surface area contributed by atoms with Crippen molar-refractivity contribution in [2.45, 2.75) is 63.7 Å². The Morgan fingerprint density at radius 3 is 2.05 bits per heavy atom. The molecule has 4 heterocycles. The number of rotatable bonds is 12. The van der Waals surface area contributed by atoms with Gasteiger partial charge >= 0.3 is 12.2 Å². The number of fused-ring (bicyclic) bond motifs is 1. The Balaban J connectivity index is 0.939. The maximum atomic E-state index is 14.1. The number of benzene rings is 4. The highest BCUT2D eigenvalue weighted by molar-refractivity contribution is 6.15. The number of amidine groups is 1. The molecule has 326 valence electrons. The van der Waals surface area contributed by atoms with Gasteiger partial charge in [-0.05, 0) is 82.8 Å². The lowest BCUT2D eigenvalue weighted by Crippen LogP contribution is -2.53. The molecule has 8 rings (SSSR count). The minimum atomic E-state index is -1.01. The maximum Gasteiger partial charge on any atom is 0.407 e. The molecular formula is C48H52N8O7. The quantitative estimate of drug-likeness (QED) is 0.118. The smallest absolute Gasteiger partial charge is 0.407 e. The van der Waals surface area contributed by atoms with Crippen molar-refractivity contribution in [3.63, 3.8) is 0 Å². The van der Waals surface area contributed by atoms with Gasteiger partial charge < -0.3 is 39.6 Å². The third kappa shape index (κ3) is 8.86. The van der Waals surface area contributed by atoms with Gasteiger partial charge in [-0.15, -0.1) is 0 Å². The van der Waals surface area contributed by atoms with Crippen molar-refractivity contribution in [1.82, 2.24) is 30.4 Å². The summed E-state index contributed by atoms with van der Waals surface area (Å²) in [7, 11) is 4.08. The Morgan fingerprint density at radius 2 is 1.35 bits per heavy atom. The number of H-pyrrole nitrogens is 1. The second-order valence-electron chi connectivity index (χ2n) is 16.3. The van der Waals surface area contributed by atoms with E-state index < -0.39 is 24.3 Å². The van der Waals surface area contributed by atoms with Crippen LogP contribution in [0.4, 0.5) is 9.59 Å². The van der Waals surface area contributed by atoms with Crippen molar-refractivity contribution in [2.75, 3.05) is 41.0 Å². The average molecular weight is 853 g/mol. The van der Waals surface area contributed by atoms with E-state index >= 15 is 0 Å². The number of alkyl carbamates (subject to hydrolysis) is 2. The van der Waals surface area contributed by atoms with E-state index in [0.29, 0.717) is 42.6 Å². The highest BCUT2D eigenvalue weighted by Crippen LogP contribution is 2.36. The van der Waals surface area contributed by atoms with Gasteiger partial charge in [-0.2, -0.15) is 0 Å². The van der Waals surface area contributed by atoms with Crippen molar-refractivity contribution >= 4 is 46.3 Å². The Hall–Kier alpha value is -7.03. The van der Waals surface area contributed by atoms with Crippen LogP contribution < -0.4 is 15.4 Å². The molecule has 0 radical (unpaired) electrons. The standard InChI is InChI=1S/C48H52N8O7/c1-28(2)41(53-47(59)62-4)45(57)55-22-8-11-38(55)44-50-27-37(52-44)34-21-20-32-24-31(18-19-33(32)25-34)29-14-16-30(17-15-29)36-26-49-43(51-36)39-12-9-23-56(39)46(58)42(54-48(60)63-5)35-10-6-7-13-40(35)61-3/h6-7,10,13-21,24-26,28,38-39,41-42H,8-9,11-12,22-23,27H2,1-5H3,(H,49,51)(H,53,59)(H,54,60). The largest absolute Gasteiger partial charge is 0.496 e. The van der Waals surface area contributed by atoms with Crippen molar-refractivity contribution in [2.24, 2.45) is 15.9 Å². The average Bonchev–Trinajstić information content (AvgIpc) is 4.16. The van der Waals surface area contributed by atoms with Crippen LogP contribution >= 0.6 is 0 Å². The SMILES string of the molecule is COC(=O)NC(C(=O)N1CCCC1c1ncc(-c2ccc(-c3ccc4cc(C5=NC(C6CCCN6C(=O)C(NC(=O)OC)C(C)C)=NC5)ccc4c3)cc2)[nH]1)c1ccccc1OC. The normalized spacial score (nSPS) is 18.2. The molecule has 4 aromatic carbocycles. The van der Waals surface area contributed by atoms with Crippen LogP contribution in [0.15, 0.2) is 101 Å². The molecule has 1 aromatic heterocycles. The predicted octanol–water partition coefficient (Wildman–Crippen LogP) is 7.24. The Morgan fingerprint density at radius 1 is 0.730 bits per heavy atom. The molecule has 63 heavy (non-hydrogen) atoms. The molecule has 5 aromatic rings. The van der Waals surface area contributed by atoms with Gasteiger partial charge in [-0.1, -0.05) is 80.6 Å². The van der Waals surface area contributed by atoms with Crippen LogP contribution in [0.1, 0.15) is 68.6 Å². The molecule has 3 aliphatic rings. The number of nitrogens with one attached hydrogen (secondary N) is 3. The summed E-state index contributed by atoms with van der Waals surface area (Å²) < 4.78 is 15.2. The summed E-state index contributed by atoms with van der Waals surface area (Å²) in [5.74, 6) is 1.29. The predicted molar refractivity (Wildman–Crippen MR) is 240 cm³/mol. The molecule has 0 aliphatic carbocycles. The summed E-state index contributed by atoms with van der Waals surface area (Å²) >= 11 is 0. The number of para-hydroxylation sites is 1. The van der Waals surface area contributed by atoms with Crippen LogP contribution in [0.25, 0.3) is 33.2 Å². The first-order chi connectivity index (χ1) is 30.6. The maximum absolute atomic E-state index is 14.1. The van der Waals surface area contributed by atoms with Crippen molar-refractivity contribution in [3.05, 3.63) is 108 Å². The summed E-state index contributed by atoms with van der Waals surface area (Å²) in [5, 5.41) is 7.58. The summed E-state index contributed by atoms with van der Waals surface area (Å²) in [4.78, 5) is 73.6. The van der Waals surface area contributed by atoms with Crippen LogP contribution in [0.2, 0.25) is 0 Å². The number of hydrogen-bond acceptors (Lipinski definition) is 10. The molecule has 4 atom stereocenters. The van der Waals surface area contributed by atoms with E-state index in [1.54, 1.807) is 34.2 Å². The molecule has 4 unspecified atom stereocenters. The number of aromatic nitrogens is 2.